The molecule has 3 N–H and O–H groups in total. The van der Waals surface area contributed by atoms with Gasteiger partial charge in [0.25, 0.3) is 5.91 Å². The summed E-state index contributed by atoms with van der Waals surface area (Å²) in [6.45, 7) is 6.45. The molecule has 102 valence electrons. The van der Waals surface area contributed by atoms with Crippen molar-refractivity contribution in [3.63, 3.8) is 0 Å². The summed E-state index contributed by atoms with van der Waals surface area (Å²) in [5.74, 6) is 0.552. The van der Waals surface area contributed by atoms with E-state index in [4.69, 9.17) is 0 Å². The van der Waals surface area contributed by atoms with Crippen molar-refractivity contribution in [2.45, 2.75) is 40.0 Å². The predicted molar refractivity (Wildman–Crippen MR) is 68.2 cm³/mol. The molecule has 1 amide bonds. The number of H-pyrrole nitrogens is 1. The van der Waals surface area contributed by atoms with Crippen molar-refractivity contribution in [2.75, 3.05) is 13.2 Å². The van der Waals surface area contributed by atoms with Crippen LogP contribution in [0.3, 0.4) is 0 Å². The second kappa shape index (κ2) is 6.49. The molecular formula is C12H22N4O2. The number of aryl methyl sites for hydroxylation is 1. The van der Waals surface area contributed by atoms with Crippen molar-refractivity contribution in [3.8, 4) is 0 Å². The lowest BCUT2D eigenvalue weighted by Gasteiger charge is -2.29. The molecule has 0 aromatic carbocycles. The Morgan fingerprint density at radius 1 is 1.39 bits per heavy atom. The van der Waals surface area contributed by atoms with Crippen molar-refractivity contribution in [3.05, 3.63) is 11.6 Å². The van der Waals surface area contributed by atoms with Crippen LogP contribution in [0.5, 0.6) is 0 Å². The molecule has 0 spiro atoms. The molecule has 6 heteroatoms. The zero-order valence-electron chi connectivity index (χ0n) is 11.3. The molecule has 0 saturated heterocycles. The van der Waals surface area contributed by atoms with E-state index >= 15 is 0 Å². The first kappa shape index (κ1) is 14.6. The number of aromatic amines is 1. The Kier molecular flexibility index (Phi) is 5.27. The number of amides is 1. The van der Waals surface area contributed by atoms with Crippen LogP contribution >= 0.6 is 0 Å². The Bertz CT molecular complexity index is 377. The maximum absolute atomic E-state index is 11.8. The molecule has 18 heavy (non-hydrogen) atoms. The van der Waals surface area contributed by atoms with E-state index in [1.54, 1.807) is 0 Å². The lowest BCUT2D eigenvalue weighted by molar-refractivity contribution is 0.0842. The zero-order valence-corrected chi connectivity index (χ0v) is 11.3. The van der Waals surface area contributed by atoms with E-state index in [9.17, 15) is 9.90 Å². The molecule has 1 heterocycles. The molecule has 0 aliphatic heterocycles. The summed E-state index contributed by atoms with van der Waals surface area (Å²) < 4.78 is 0. The number of aliphatic hydroxyl groups is 1. The highest BCUT2D eigenvalue weighted by Gasteiger charge is 2.26. The van der Waals surface area contributed by atoms with Crippen LogP contribution in [0.4, 0.5) is 0 Å². The number of nitrogens with one attached hydrogen (secondary N) is 2. The van der Waals surface area contributed by atoms with Crippen LogP contribution in [0.2, 0.25) is 0 Å². The summed E-state index contributed by atoms with van der Waals surface area (Å²) in [5, 5.41) is 18.8. The van der Waals surface area contributed by atoms with Gasteiger partial charge < -0.3 is 10.4 Å². The smallest absolute Gasteiger partial charge is 0.290 e. The van der Waals surface area contributed by atoms with E-state index in [0.717, 1.165) is 12.8 Å². The standard InChI is InChI=1S/C12H22N4O2/c1-4-9-14-10(16-15-9)11(18)13-7-12(5-2,6-3)8-17/h17H,4-8H2,1-3H3,(H,13,18)(H,14,15,16). The van der Waals surface area contributed by atoms with Crippen LogP contribution in [0.1, 0.15) is 50.1 Å². The van der Waals surface area contributed by atoms with Crippen molar-refractivity contribution in [1.29, 1.82) is 0 Å². The number of nitrogens with zero attached hydrogens (tertiary/aromatic N) is 2. The summed E-state index contributed by atoms with van der Waals surface area (Å²) in [7, 11) is 0. The Labute approximate surface area is 107 Å². The van der Waals surface area contributed by atoms with Gasteiger partial charge in [-0.15, -0.1) is 5.10 Å². The first-order chi connectivity index (χ1) is 8.60. The first-order valence-corrected chi connectivity index (χ1v) is 6.41. The van der Waals surface area contributed by atoms with Gasteiger partial charge in [-0.05, 0) is 12.8 Å². The lowest BCUT2D eigenvalue weighted by Crippen LogP contribution is -2.39. The minimum Gasteiger partial charge on any atom is -0.396 e. The topological polar surface area (TPSA) is 90.9 Å². The quantitative estimate of drug-likeness (QED) is 0.674. The van der Waals surface area contributed by atoms with Gasteiger partial charge >= 0.3 is 0 Å². The number of aromatic nitrogens is 3. The SMILES string of the molecule is CCc1nc(C(=O)NCC(CC)(CC)CO)n[nH]1. The average Bonchev–Trinajstić information content (AvgIpc) is 2.89. The number of hydrogen-bond donors (Lipinski definition) is 3. The third-order valence-corrected chi connectivity index (χ3v) is 3.53. The lowest BCUT2D eigenvalue weighted by atomic mass is 9.83. The van der Waals surface area contributed by atoms with Crippen LogP contribution in [-0.4, -0.2) is 39.3 Å². The summed E-state index contributed by atoms with van der Waals surface area (Å²) in [5.41, 5.74) is -0.250. The summed E-state index contributed by atoms with van der Waals surface area (Å²) in [6.07, 6.45) is 2.34. The third kappa shape index (κ3) is 3.29. The highest BCUT2D eigenvalue weighted by molar-refractivity contribution is 5.90. The molecule has 0 bridgehead atoms. The van der Waals surface area contributed by atoms with E-state index in [-0.39, 0.29) is 23.8 Å². The Morgan fingerprint density at radius 2 is 2.06 bits per heavy atom. The van der Waals surface area contributed by atoms with Gasteiger partial charge in [-0.3, -0.25) is 9.89 Å². The monoisotopic (exact) mass is 254 g/mol. The highest BCUT2D eigenvalue weighted by Crippen LogP contribution is 2.24. The minimum atomic E-state index is -0.300. The number of hydrogen-bond acceptors (Lipinski definition) is 4. The van der Waals surface area contributed by atoms with E-state index < -0.39 is 0 Å². The van der Waals surface area contributed by atoms with Gasteiger partial charge in [0, 0.05) is 18.4 Å². The Hall–Kier alpha value is -1.43. The van der Waals surface area contributed by atoms with Gasteiger partial charge in [0.15, 0.2) is 0 Å². The number of rotatable bonds is 7. The Balaban J connectivity index is 2.59. The fourth-order valence-electron chi connectivity index (χ4n) is 1.68. The number of aliphatic hydroxyl groups excluding tert-OH is 1. The molecule has 6 nitrogen and oxygen atoms in total. The molecule has 0 unspecified atom stereocenters. The van der Waals surface area contributed by atoms with Gasteiger partial charge in [-0.1, -0.05) is 20.8 Å². The van der Waals surface area contributed by atoms with Crippen LogP contribution in [0.25, 0.3) is 0 Å². The summed E-state index contributed by atoms with van der Waals surface area (Å²) in [4.78, 5) is 15.9. The van der Waals surface area contributed by atoms with Crippen molar-refractivity contribution in [2.24, 2.45) is 5.41 Å². The maximum atomic E-state index is 11.8. The van der Waals surface area contributed by atoms with Crippen LogP contribution < -0.4 is 5.32 Å². The third-order valence-electron chi connectivity index (χ3n) is 3.53. The minimum absolute atomic E-state index is 0.0640. The molecule has 1 aromatic heterocycles. The van der Waals surface area contributed by atoms with E-state index in [0.29, 0.717) is 18.8 Å². The van der Waals surface area contributed by atoms with Crippen molar-refractivity contribution in [1.82, 2.24) is 20.5 Å². The van der Waals surface area contributed by atoms with Gasteiger partial charge in [0.1, 0.15) is 5.82 Å². The molecule has 1 rings (SSSR count). The fraction of sp³-hybridized carbons (Fsp3) is 0.750. The summed E-state index contributed by atoms with van der Waals surface area (Å²) in [6, 6.07) is 0. The summed E-state index contributed by atoms with van der Waals surface area (Å²) >= 11 is 0. The van der Waals surface area contributed by atoms with Gasteiger partial charge in [0.2, 0.25) is 5.82 Å². The molecule has 0 saturated carbocycles. The van der Waals surface area contributed by atoms with Crippen LogP contribution in [0.15, 0.2) is 0 Å². The van der Waals surface area contributed by atoms with E-state index in [1.807, 2.05) is 20.8 Å². The maximum Gasteiger partial charge on any atom is 0.290 e. The molecule has 0 atom stereocenters. The van der Waals surface area contributed by atoms with Gasteiger partial charge in [0.05, 0.1) is 6.61 Å². The molecular weight excluding hydrogens is 232 g/mol. The fourth-order valence-corrected chi connectivity index (χ4v) is 1.68. The molecule has 0 fully saturated rings. The van der Waals surface area contributed by atoms with Gasteiger partial charge in [-0.2, -0.15) is 0 Å². The second-order valence-electron chi connectivity index (χ2n) is 4.51. The molecule has 1 aromatic rings. The molecule has 0 radical (unpaired) electrons. The number of carbonyl (C=O) groups excluding carboxylic acids is 1. The average molecular weight is 254 g/mol. The number of carbonyl (C=O) groups is 1. The Morgan fingerprint density at radius 3 is 2.50 bits per heavy atom. The highest BCUT2D eigenvalue weighted by atomic mass is 16.3. The van der Waals surface area contributed by atoms with Crippen molar-refractivity contribution >= 4 is 5.91 Å². The first-order valence-electron chi connectivity index (χ1n) is 6.41. The predicted octanol–water partition coefficient (Wildman–Crippen LogP) is 0.896. The largest absolute Gasteiger partial charge is 0.396 e. The molecule has 0 aliphatic rings. The van der Waals surface area contributed by atoms with E-state index in [2.05, 4.69) is 20.5 Å². The van der Waals surface area contributed by atoms with Crippen molar-refractivity contribution < 1.29 is 9.90 Å². The van der Waals surface area contributed by atoms with E-state index in [1.165, 1.54) is 0 Å². The van der Waals surface area contributed by atoms with Crippen LogP contribution in [-0.2, 0) is 6.42 Å². The van der Waals surface area contributed by atoms with Crippen LogP contribution in [0, 0.1) is 5.41 Å². The zero-order chi connectivity index (χ0) is 13.6. The normalized spacial score (nSPS) is 11.6. The van der Waals surface area contributed by atoms with Gasteiger partial charge in [-0.25, -0.2) is 4.98 Å². The second-order valence-corrected chi connectivity index (χ2v) is 4.51. The molecule has 0 aliphatic carbocycles.